The highest BCUT2D eigenvalue weighted by Gasteiger charge is 2.71. The fourth-order valence-electron chi connectivity index (χ4n) is 15.8. The predicted molar refractivity (Wildman–Crippen MR) is 431 cm³/mol. The number of nitrogens with zero attached hydrogens (tertiary/aromatic N) is 6. The number of aromatic nitrogens is 2. The van der Waals surface area contributed by atoms with Gasteiger partial charge in [0, 0.05) is 81.2 Å². The normalized spacial score (nSPS) is 22.2. The lowest BCUT2D eigenvalue weighted by molar-refractivity contribution is -0.143. The Balaban J connectivity index is 0.000000181. The number of aliphatic hydroxyl groups excluding tert-OH is 1. The molecular weight excluding hydrogens is 1410 g/mol. The van der Waals surface area contributed by atoms with Crippen LogP contribution in [-0.4, -0.2) is 152 Å². The number of carbonyl (C=O) groups excluding carboxylic acids is 5. The first-order valence-electron chi connectivity index (χ1n) is 38.0. The van der Waals surface area contributed by atoms with Crippen molar-refractivity contribution in [1.82, 2.24) is 20.1 Å². The molecule has 7 atom stereocenters. The van der Waals surface area contributed by atoms with Crippen molar-refractivity contribution in [2.75, 3.05) is 79.4 Å². The molecular formula is C87H114N6O14Si2. The van der Waals surface area contributed by atoms with Gasteiger partial charge < -0.3 is 51.8 Å². The molecule has 3 heterocycles. The smallest absolute Gasteiger partial charge is 0.344 e. The van der Waals surface area contributed by atoms with Gasteiger partial charge in [0.25, 0.3) is 11.8 Å². The zero-order valence-corrected chi connectivity index (χ0v) is 70.4. The molecule has 5 aliphatic carbocycles. The van der Waals surface area contributed by atoms with Crippen molar-refractivity contribution in [2.45, 2.75) is 187 Å². The minimum Gasteiger partial charge on any atom is -0.507 e. The Bertz CT molecular complexity index is 4560. The van der Waals surface area contributed by atoms with Crippen LogP contribution in [0.4, 0.5) is 11.4 Å². The molecule has 0 unspecified atom stereocenters. The van der Waals surface area contributed by atoms with Gasteiger partial charge in [0.1, 0.15) is 35.8 Å². The molecule has 1 saturated carbocycles. The molecule has 0 radical (unpaired) electrons. The van der Waals surface area contributed by atoms with E-state index in [1.165, 1.54) is 12.8 Å². The molecule has 1 aliphatic heterocycles. The summed E-state index contributed by atoms with van der Waals surface area (Å²) in [5.41, 5.74) is 6.19. The average Bonchev–Trinajstić information content (AvgIpc) is 1.66. The molecule has 584 valence electrons. The van der Waals surface area contributed by atoms with Crippen LogP contribution in [0.2, 0.25) is 36.3 Å². The zero-order chi connectivity index (χ0) is 79.8. The van der Waals surface area contributed by atoms with Crippen LogP contribution in [0.25, 0.3) is 5.76 Å². The number of para-hydroxylation sites is 1. The van der Waals surface area contributed by atoms with Crippen LogP contribution in [0.3, 0.4) is 0 Å². The number of hydrogen-bond donors (Lipinski definition) is 1. The lowest BCUT2D eigenvalue weighted by atomic mass is 9.51. The van der Waals surface area contributed by atoms with Crippen molar-refractivity contribution in [3.63, 3.8) is 0 Å². The number of aryl methyl sites for hydroxylation is 2. The number of anilines is 2. The monoisotopic (exact) mass is 1520 g/mol. The van der Waals surface area contributed by atoms with E-state index in [2.05, 4.69) is 84.1 Å². The van der Waals surface area contributed by atoms with Gasteiger partial charge in [0.2, 0.25) is 17.3 Å². The van der Waals surface area contributed by atoms with Crippen molar-refractivity contribution >= 4 is 62.9 Å². The Morgan fingerprint density at radius 1 is 0.596 bits per heavy atom. The quantitative estimate of drug-likeness (QED) is 0.0387. The van der Waals surface area contributed by atoms with Crippen LogP contribution in [0, 0.1) is 38.0 Å². The number of ether oxygens (including phenoxy) is 4. The van der Waals surface area contributed by atoms with Crippen LogP contribution in [0.15, 0.2) is 142 Å². The number of rotatable bonds is 17. The Morgan fingerprint density at radius 3 is 1.51 bits per heavy atom. The van der Waals surface area contributed by atoms with E-state index in [9.17, 15) is 19.5 Å². The highest BCUT2D eigenvalue weighted by Crippen LogP contribution is 2.63. The molecule has 22 heteroatoms. The number of carbonyl (C=O) groups is 5. The van der Waals surface area contributed by atoms with Crippen molar-refractivity contribution in [1.29, 1.82) is 0 Å². The molecule has 109 heavy (non-hydrogen) atoms. The molecule has 1 N–H and O–H groups in total. The summed E-state index contributed by atoms with van der Waals surface area (Å²) in [5.74, 6) is -1.54. The van der Waals surface area contributed by atoms with E-state index in [0.717, 1.165) is 70.0 Å². The third-order valence-electron chi connectivity index (χ3n) is 23.4. The van der Waals surface area contributed by atoms with E-state index < -0.39 is 68.5 Å². The average molecular weight is 1520 g/mol. The Kier molecular flexibility index (Phi) is 24.6. The first-order valence-corrected chi connectivity index (χ1v) is 43.8. The van der Waals surface area contributed by atoms with Crippen molar-refractivity contribution in [3.8, 4) is 17.5 Å². The second kappa shape index (κ2) is 32.4. The topological polar surface area (TPSA) is 226 Å². The summed E-state index contributed by atoms with van der Waals surface area (Å²) < 4.78 is 48.5. The van der Waals surface area contributed by atoms with Gasteiger partial charge >= 0.3 is 5.97 Å². The second-order valence-corrected chi connectivity index (χ2v) is 43.5. The van der Waals surface area contributed by atoms with E-state index in [-0.39, 0.29) is 75.3 Å². The van der Waals surface area contributed by atoms with Crippen molar-refractivity contribution < 1.29 is 65.9 Å². The van der Waals surface area contributed by atoms with Gasteiger partial charge in [-0.2, -0.15) is 0 Å². The SMILES string of the molecule is C1CCOC1.CCC1=CC(=O)[C@]2(O[Si](C)(C)C(C)(C)C)C(=O)c3c(OCc4ccccc4)noc3[C@@H](N(C)C)[C@@H]2C1.Cc1ccc(N(C)C)c(C)c1C(=O)Oc1ccccc1.Cc1ccc(N(C)C)c2c1C(O)=C1C(=O)[C@]3(O[Si](C)(C)C(C)(C)C)C(=O)c4c(OCc5ccccc5)noc4[C@@H](N(C)C)[C@@H]3C[C@]1(C)C2. The molecule has 0 amide bonds. The molecule has 0 bridgehead atoms. The van der Waals surface area contributed by atoms with Gasteiger partial charge in [-0.05, 0) is 198 Å². The van der Waals surface area contributed by atoms with Gasteiger partial charge in [-0.1, -0.05) is 152 Å². The molecule has 2 aromatic heterocycles. The van der Waals surface area contributed by atoms with Gasteiger partial charge in [-0.3, -0.25) is 29.0 Å². The maximum atomic E-state index is 15.6. The molecule has 0 spiro atoms. The Hall–Kier alpha value is -8.62. The summed E-state index contributed by atoms with van der Waals surface area (Å²) in [6.45, 7) is 33.2. The zero-order valence-electron chi connectivity index (χ0n) is 68.4. The summed E-state index contributed by atoms with van der Waals surface area (Å²) in [7, 11) is 10.2. The van der Waals surface area contributed by atoms with Crippen LogP contribution in [0.1, 0.15) is 181 Å². The van der Waals surface area contributed by atoms with E-state index >= 15 is 9.59 Å². The fourth-order valence-corrected chi connectivity index (χ4v) is 18.7. The number of fused-ring (bicyclic) bond motifs is 6. The first kappa shape index (κ1) is 82.9. The van der Waals surface area contributed by atoms with Gasteiger partial charge in [0.05, 0.1) is 17.6 Å². The Labute approximate surface area is 646 Å². The minimum absolute atomic E-state index is 0.0437. The second-order valence-electron chi connectivity index (χ2n) is 34.1. The number of benzene rings is 5. The summed E-state index contributed by atoms with van der Waals surface area (Å²) in [4.78, 5) is 79.9. The molecule has 1 saturated heterocycles. The first-order chi connectivity index (χ1) is 51.2. The van der Waals surface area contributed by atoms with Gasteiger partial charge in [0.15, 0.2) is 45.1 Å². The lowest BCUT2D eigenvalue weighted by Gasteiger charge is -2.57. The third-order valence-corrected chi connectivity index (χ3v) is 32.3. The minimum atomic E-state index is -2.82. The fraction of sp³-hybridized carbons (Fsp3) is 0.483. The molecule has 7 aromatic rings. The molecule has 2 fully saturated rings. The summed E-state index contributed by atoms with van der Waals surface area (Å²) >= 11 is 0. The third kappa shape index (κ3) is 16.0. The van der Waals surface area contributed by atoms with Crippen LogP contribution < -0.4 is 24.0 Å². The predicted octanol–water partition coefficient (Wildman–Crippen LogP) is 17.4. The van der Waals surface area contributed by atoms with E-state index in [4.69, 9.17) is 36.8 Å². The number of allylic oxidation sites excluding steroid dienone is 1. The van der Waals surface area contributed by atoms with Crippen molar-refractivity contribution in [2.24, 2.45) is 17.3 Å². The van der Waals surface area contributed by atoms with Crippen molar-refractivity contribution in [3.05, 3.63) is 200 Å². The van der Waals surface area contributed by atoms with E-state index in [1.54, 1.807) is 18.2 Å². The standard InChI is InChI=1S/C38H49N3O6Si.C28H38N2O5Si.C17H19NO2.C4H8O/c1-22-17-18-26(40(6)7)24-19-37(5)20-25-30(41(8)9)32-28(35(39-46-32)45-21-23-15-13-12-14-16-23)33(43)38(25,47-48(10,11)36(2,3)4)34(44)29(37)31(42)27(22)24;1-9-18-15-20-23(30(5)6)24-22(26(29-34-24)33-17-19-13-11-10-12-14-19)25(32)28(20,21(31)16-18)35-36(7,8)27(2,3)4;1-12-10-11-15(18(3)4)13(2)16(12)17(19)20-14-8-6-5-7-9-14;1-2-4-5-3-1/h12-18,25,30,42H,19-21H2,1-11H3;10-14,16,20,23H,9,15,17H2,1-8H3;5-11H,1-4H3;1-4H2/t25-,30-,37-,38+;20-,23-,28-;;/m00../s1. The largest absolute Gasteiger partial charge is 0.507 e. The summed E-state index contributed by atoms with van der Waals surface area (Å²) in [6.07, 6.45) is 6.44. The van der Waals surface area contributed by atoms with Gasteiger partial charge in [-0.25, -0.2) is 4.79 Å². The number of Topliss-reactive ketones (excluding diaryl/α,β-unsaturated/α-hetero) is 3. The Morgan fingerprint density at radius 2 is 1.06 bits per heavy atom. The highest BCUT2D eigenvalue weighted by molar-refractivity contribution is 6.75. The van der Waals surface area contributed by atoms with Crippen LogP contribution in [0.5, 0.6) is 17.5 Å². The number of hydrogen-bond acceptors (Lipinski definition) is 20. The van der Waals surface area contributed by atoms with Gasteiger partial charge in [-0.15, -0.1) is 0 Å². The van der Waals surface area contributed by atoms with E-state index in [1.807, 2.05) is 208 Å². The lowest BCUT2D eigenvalue weighted by Crippen LogP contribution is -2.69. The summed E-state index contributed by atoms with van der Waals surface area (Å²) in [6, 6.07) is 35.5. The number of esters is 1. The molecule has 5 aromatic carbocycles. The summed E-state index contributed by atoms with van der Waals surface area (Å²) in [5, 5.41) is 20.2. The maximum absolute atomic E-state index is 15.6. The maximum Gasteiger partial charge on any atom is 0.344 e. The number of aliphatic hydroxyl groups is 1. The van der Waals surface area contributed by atoms with Crippen LogP contribution in [-0.2, 0) is 42.8 Å². The van der Waals surface area contributed by atoms with E-state index in [0.29, 0.717) is 47.7 Å². The highest BCUT2D eigenvalue weighted by atomic mass is 28.4. The molecule has 13 rings (SSSR count). The van der Waals surface area contributed by atoms with Crippen LogP contribution >= 0.6 is 0 Å². The molecule has 6 aliphatic rings. The number of ketones is 4. The molecule has 20 nitrogen and oxygen atoms in total.